The van der Waals surface area contributed by atoms with Crippen LogP contribution in [-0.4, -0.2) is 17.7 Å². The van der Waals surface area contributed by atoms with E-state index in [4.69, 9.17) is 0 Å². The summed E-state index contributed by atoms with van der Waals surface area (Å²) < 4.78 is 0. The number of amides is 1. The fraction of sp³-hybridized carbons (Fsp3) is 0.750. The first-order valence-electron chi connectivity index (χ1n) is 3.79. The minimum Gasteiger partial charge on any atom is -0.346 e. The highest BCUT2D eigenvalue weighted by molar-refractivity contribution is 5.87. The molecule has 1 atom stereocenters. The maximum atomic E-state index is 11.0. The Morgan fingerprint density at radius 2 is 2.18 bits per heavy atom. The van der Waals surface area contributed by atoms with Gasteiger partial charge >= 0.3 is 0 Å². The SMILES string of the molecule is CCC[C@@](C)(NC=O)C(C)=O. The topological polar surface area (TPSA) is 46.2 Å². The largest absolute Gasteiger partial charge is 0.346 e. The number of carbonyl (C=O) groups excluding carboxylic acids is 2. The first-order chi connectivity index (χ1) is 5.06. The number of Topliss-reactive ketones (excluding diaryl/α,β-unsaturated/α-hetero) is 1. The minimum absolute atomic E-state index is 0.00597. The molecule has 0 aliphatic rings. The van der Waals surface area contributed by atoms with Gasteiger partial charge < -0.3 is 5.32 Å². The number of ketones is 1. The van der Waals surface area contributed by atoms with Crippen molar-refractivity contribution in [1.29, 1.82) is 0 Å². The Morgan fingerprint density at radius 1 is 1.64 bits per heavy atom. The molecule has 0 spiro atoms. The van der Waals surface area contributed by atoms with Gasteiger partial charge in [-0.3, -0.25) is 9.59 Å². The van der Waals surface area contributed by atoms with E-state index in [1.54, 1.807) is 6.92 Å². The fourth-order valence-corrected chi connectivity index (χ4v) is 0.980. The maximum absolute atomic E-state index is 11.0. The predicted molar refractivity (Wildman–Crippen MR) is 43.2 cm³/mol. The third-order valence-corrected chi connectivity index (χ3v) is 1.90. The molecule has 0 aromatic heterocycles. The lowest BCUT2D eigenvalue weighted by Gasteiger charge is -2.24. The van der Waals surface area contributed by atoms with E-state index in [2.05, 4.69) is 5.32 Å². The van der Waals surface area contributed by atoms with E-state index < -0.39 is 5.54 Å². The highest BCUT2D eigenvalue weighted by Crippen LogP contribution is 2.12. The molecular formula is C8H15NO2. The van der Waals surface area contributed by atoms with Crippen molar-refractivity contribution in [3.8, 4) is 0 Å². The van der Waals surface area contributed by atoms with Crippen LogP contribution in [0.1, 0.15) is 33.6 Å². The molecule has 0 fully saturated rings. The summed E-state index contributed by atoms with van der Waals surface area (Å²) in [5.41, 5.74) is -0.656. The van der Waals surface area contributed by atoms with E-state index >= 15 is 0 Å². The van der Waals surface area contributed by atoms with Crippen LogP contribution in [0.4, 0.5) is 0 Å². The summed E-state index contributed by atoms with van der Waals surface area (Å²) in [5.74, 6) is 0.00597. The second-order valence-corrected chi connectivity index (χ2v) is 2.90. The van der Waals surface area contributed by atoms with Gasteiger partial charge in [0.1, 0.15) is 0 Å². The van der Waals surface area contributed by atoms with Gasteiger partial charge in [0.25, 0.3) is 0 Å². The molecule has 3 nitrogen and oxygen atoms in total. The monoisotopic (exact) mass is 157 g/mol. The van der Waals surface area contributed by atoms with Crippen LogP contribution in [0.2, 0.25) is 0 Å². The predicted octanol–water partition coefficient (Wildman–Crippen LogP) is 0.880. The standard InChI is InChI=1S/C8H15NO2/c1-4-5-8(3,7(2)11)9-6-10/h6H,4-5H2,1-3H3,(H,9,10)/t8-/m1/s1. The highest BCUT2D eigenvalue weighted by atomic mass is 16.1. The Labute approximate surface area is 67.2 Å². The molecular weight excluding hydrogens is 142 g/mol. The smallest absolute Gasteiger partial charge is 0.207 e. The van der Waals surface area contributed by atoms with Gasteiger partial charge in [-0.25, -0.2) is 0 Å². The molecule has 0 aliphatic carbocycles. The number of nitrogens with one attached hydrogen (secondary N) is 1. The zero-order valence-corrected chi connectivity index (χ0v) is 7.31. The number of rotatable bonds is 5. The van der Waals surface area contributed by atoms with Crippen molar-refractivity contribution in [3.05, 3.63) is 0 Å². The summed E-state index contributed by atoms with van der Waals surface area (Å²) in [6.07, 6.45) is 2.16. The molecule has 3 heteroatoms. The van der Waals surface area contributed by atoms with Crippen molar-refractivity contribution < 1.29 is 9.59 Å². The molecule has 0 unspecified atom stereocenters. The Balaban J connectivity index is 4.24. The second-order valence-electron chi connectivity index (χ2n) is 2.90. The normalized spacial score (nSPS) is 15.2. The van der Waals surface area contributed by atoms with Crippen molar-refractivity contribution in [1.82, 2.24) is 5.32 Å². The van der Waals surface area contributed by atoms with Gasteiger partial charge in [0, 0.05) is 0 Å². The third kappa shape index (κ3) is 2.70. The first-order valence-corrected chi connectivity index (χ1v) is 3.79. The molecule has 64 valence electrons. The van der Waals surface area contributed by atoms with E-state index in [0.29, 0.717) is 12.8 Å². The van der Waals surface area contributed by atoms with Crippen LogP contribution >= 0.6 is 0 Å². The lowest BCUT2D eigenvalue weighted by molar-refractivity contribution is -0.126. The zero-order chi connectivity index (χ0) is 8.91. The number of hydrogen-bond acceptors (Lipinski definition) is 2. The third-order valence-electron chi connectivity index (χ3n) is 1.90. The summed E-state index contributed by atoms with van der Waals surface area (Å²) in [6, 6.07) is 0. The van der Waals surface area contributed by atoms with E-state index in [0.717, 1.165) is 6.42 Å². The molecule has 1 N–H and O–H groups in total. The molecule has 0 saturated carbocycles. The molecule has 0 aromatic carbocycles. The molecule has 0 aliphatic heterocycles. The van der Waals surface area contributed by atoms with Gasteiger partial charge in [0.2, 0.25) is 6.41 Å². The van der Waals surface area contributed by atoms with Gasteiger partial charge in [-0.15, -0.1) is 0 Å². The van der Waals surface area contributed by atoms with Gasteiger partial charge in [0.15, 0.2) is 5.78 Å². The van der Waals surface area contributed by atoms with Crippen LogP contribution in [0, 0.1) is 0 Å². The van der Waals surface area contributed by atoms with Crippen molar-refractivity contribution >= 4 is 12.2 Å². The Bertz CT molecular complexity index is 156. The second kappa shape index (κ2) is 4.11. The van der Waals surface area contributed by atoms with Crippen molar-refractivity contribution in [3.63, 3.8) is 0 Å². The summed E-state index contributed by atoms with van der Waals surface area (Å²) in [4.78, 5) is 21.2. The molecule has 0 aromatic rings. The number of hydrogen-bond donors (Lipinski definition) is 1. The summed E-state index contributed by atoms with van der Waals surface area (Å²) in [5, 5.41) is 2.53. The molecule has 0 rings (SSSR count). The van der Waals surface area contributed by atoms with Crippen LogP contribution in [-0.2, 0) is 9.59 Å². The first kappa shape index (κ1) is 10.1. The maximum Gasteiger partial charge on any atom is 0.207 e. The van der Waals surface area contributed by atoms with Gasteiger partial charge in [-0.2, -0.15) is 0 Å². The molecule has 0 bridgehead atoms. The Morgan fingerprint density at radius 3 is 2.45 bits per heavy atom. The van der Waals surface area contributed by atoms with Crippen LogP contribution in [0.25, 0.3) is 0 Å². The lowest BCUT2D eigenvalue weighted by Crippen LogP contribution is -2.47. The minimum atomic E-state index is -0.656. The average Bonchev–Trinajstić information content (AvgIpc) is 1.88. The molecule has 0 radical (unpaired) electrons. The average molecular weight is 157 g/mol. The number of carbonyl (C=O) groups is 2. The van der Waals surface area contributed by atoms with Gasteiger partial charge in [-0.1, -0.05) is 13.3 Å². The highest BCUT2D eigenvalue weighted by Gasteiger charge is 2.27. The summed E-state index contributed by atoms with van der Waals surface area (Å²) in [7, 11) is 0. The van der Waals surface area contributed by atoms with E-state index in [1.165, 1.54) is 6.92 Å². The molecule has 1 amide bonds. The van der Waals surface area contributed by atoms with E-state index in [9.17, 15) is 9.59 Å². The van der Waals surface area contributed by atoms with Crippen molar-refractivity contribution in [2.75, 3.05) is 0 Å². The fourth-order valence-electron chi connectivity index (χ4n) is 0.980. The van der Waals surface area contributed by atoms with Crippen molar-refractivity contribution in [2.45, 2.75) is 39.2 Å². The molecule has 0 saturated heterocycles. The van der Waals surface area contributed by atoms with Crippen LogP contribution in [0.5, 0.6) is 0 Å². The Kier molecular flexibility index (Phi) is 3.79. The van der Waals surface area contributed by atoms with Crippen molar-refractivity contribution in [2.24, 2.45) is 0 Å². The van der Waals surface area contributed by atoms with Crippen LogP contribution in [0.3, 0.4) is 0 Å². The Hall–Kier alpha value is -0.860. The van der Waals surface area contributed by atoms with E-state index in [1.807, 2.05) is 6.92 Å². The molecule has 0 heterocycles. The van der Waals surface area contributed by atoms with Gasteiger partial charge in [0.05, 0.1) is 5.54 Å². The molecule has 11 heavy (non-hydrogen) atoms. The van der Waals surface area contributed by atoms with E-state index in [-0.39, 0.29) is 5.78 Å². The van der Waals surface area contributed by atoms with Crippen LogP contribution < -0.4 is 5.32 Å². The van der Waals surface area contributed by atoms with Crippen LogP contribution in [0.15, 0.2) is 0 Å². The summed E-state index contributed by atoms with van der Waals surface area (Å²) in [6.45, 7) is 5.22. The van der Waals surface area contributed by atoms with Gasteiger partial charge in [-0.05, 0) is 20.3 Å². The summed E-state index contributed by atoms with van der Waals surface area (Å²) >= 11 is 0. The quantitative estimate of drug-likeness (QED) is 0.602. The zero-order valence-electron chi connectivity index (χ0n) is 7.31. The lowest BCUT2D eigenvalue weighted by atomic mass is 9.92.